The summed E-state index contributed by atoms with van der Waals surface area (Å²) in [7, 11) is -3.42. The van der Waals surface area contributed by atoms with Gasteiger partial charge in [-0.25, -0.2) is 8.42 Å². The van der Waals surface area contributed by atoms with Crippen LogP contribution in [0.15, 0.2) is 0 Å². The van der Waals surface area contributed by atoms with Crippen molar-refractivity contribution in [3.63, 3.8) is 0 Å². The van der Waals surface area contributed by atoms with Crippen molar-refractivity contribution < 1.29 is 13.2 Å². The van der Waals surface area contributed by atoms with E-state index in [1.807, 2.05) is 4.90 Å². The van der Waals surface area contributed by atoms with E-state index in [0.717, 1.165) is 25.9 Å². The van der Waals surface area contributed by atoms with Gasteiger partial charge in [0.1, 0.15) is 0 Å². The first kappa shape index (κ1) is 23.0. The van der Waals surface area contributed by atoms with Gasteiger partial charge in [-0.05, 0) is 64.7 Å². The van der Waals surface area contributed by atoms with Gasteiger partial charge in [-0.3, -0.25) is 9.69 Å². The van der Waals surface area contributed by atoms with Crippen LogP contribution in [0.5, 0.6) is 0 Å². The lowest BCUT2D eigenvalue weighted by atomic mass is 9.93. The first-order valence-electron chi connectivity index (χ1n) is 8.88. The highest BCUT2D eigenvalue weighted by atomic mass is 35.5. The Kier molecular flexibility index (Phi) is 8.47. The quantitative estimate of drug-likeness (QED) is 0.746. The van der Waals surface area contributed by atoms with Crippen molar-refractivity contribution >= 4 is 40.6 Å². The minimum Gasteiger partial charge on any atom is -0.340 e. The summed E-state index contributed by atoms with van der Waals surface area (Å²) in [6.07, 6.45) is 6.61. The summed E-state index contributed by atoms with van der Waals surface area (Å²) in [6, 6.07) is 0.411. The molecule has 3 heterocycles. The number of sulfone groups is 1. The Bertz CT molecular complexity index is 547. The molecule has 0 aromatic heterocycles. The Morgan fingerprint density at radius 3 is 2.20 bits per heavy atom. The third-order valence-electron chi connectivity index (χ3n) is 5.85. The maximum atomic E-state index is 13.2. The first-order chi connectivity index (χ1) is 10.9. The zero-order valence-corrected chi connectivity index (χ0v) is 17.4. The Labute approximate surface area is 163 Å². The summed E-state index contributed by atoms with van der Waals surface area (Å²) in [5.41, 5.74) is 0. The van der Waals surface area contributed by atoms with Crippen molar-refractivity contribution in [2.75, 3.05) is 45.5 Å². The van der Waals surface area contributed by atoms with Gasteiger partial charge in [-0.2, -0.15) is 0 Å². The fourth-order valence-corrected chi connectivity index (χ4v) is 5.80. The van der Waals surface area contributed by atoms with Gasteiger partial charge in [0.25, 0.3) is 0 Å². The summed E-state index contributed by atoms with van der Waals surface area (Å²) >= 11 is 0. The summed E-state index contributed by atoms with van der Waals surface area (Å²) < 4.78 is 23.7. The molecule has 3 aliphatic rings. The van der Waals surface area contributed by atoms with Crippen molar-refractivity contribution in [2.45, 2.75) is 49.3 Å². The smallest absolute Gasteiger partial charge is 0.244 e. The van der Waals surface area contributed by atoms with Gasteiger partial charge in [0.15, 0.2) is 14.6 Å². The largest absolute Gasteiger partial charge is 0.340 e. The predicted octanol–water partition coefficient (Wildman–Crippen LogP) is 1.08. The molecule has 0 aromatic rings. The van der Waals surface area contributed by atoms with Gasteiger partial charge < -0.3 is 10.2 Å². The van der Waals surface area contributed by atoms with Gasteiger partial charge >= 0.3 is 0 Å². The Morgan fingerprint density at radius 1 is 1.04 bits per heavy atom. The SMILES string of the molecule is CS(=O)(=O)C1(C(=O)N2CCCC(N3CCCC3)C2)CCNCC1.Cl.Cl. The number of amides is 1. The number of rotatable bonds is 3. The maximum absolute atomic E-state index is 13.2. The second-order valence-corrected chi connectivity index (χ2v) is 9.63. The van der Waals surface area contributed by atoms with E-state index in [-0.39, 0.29) is 30.7 Å². The molecule has 1 atom stereocenters. The zero-order chi connectivity index (χ0) is 16.5. The van der Waals surface area contributed by atoms with Gasteiger partial charge in [0, 0.05) is 25.4 Å². The number of nitrogens with one attached hydrogen (secondary N) is 1. The summed E-state index contributed by atoms with van der Waals surface area (Å²) in [5, 5.41) is 3.18. The highest BCUT2D eigenvalue weighted by molar-refractivity contribution is 7.92. The third kappa shape index (κ3) is 4.61. The molecule has 1 unspecified atom stereocenters. The predicted molar refractivity (Wildman–Crippen MR) is 105 cm³/mol. The van der Waals surface area contributed by atoms with Crippen molar-refractivity contribution in [3.8, 4) is 0 Å². The van der Waals surface area contributed by atoms with E-state index in [0.29, 0.717) is 45.1 Å². The van der Waals surface area contributed by atoms with Crippen LogP contribution in [-0.2, 0) is 14.6 Å². The second kappa shape index (κ2) is 9.22. The molecular weight excluding hydrogens is 385 g/mol. The summed E-state index contributed by atoms with van der Waals surface area (Å²) in [5.74, 6) is -0.148. The number of likely N-dealkylation sites (tertiary alicyclic amines) is 2. The molecule has 3 saturated heterocycles. The Hall–Kier alpha value is -0.0800. The minimum absolute atomic E-state index is 0. The summed E-state index contributed by atoms with van der Waals surface area (Å²) in [6.45, 7) is 4.84. The Morgan fingerprint density at radius 2 is 1.64 bits per heavy atom. The van der Waals surface area contributed by atoms with Crippen molar-refractivity contribution in [1.29, 1.82) is 0 Å². The van der Waals surface area contributed by atoms with Gasteiger partial charge in [-0.15, -0.1) is 24.8 Å². The number of hydrogen-bond donors (Lipinski definition) is 1. The molecule has 0 spiro atoms. The molecule has 9 heteroatoms. The molecule has 3 rings (SSSR count). The van der Waals surface area contributed by atoms with Gasteiger partial charge in [-0.1, -0.05) is 0 Å². The van der Waals surface area contributed by atoms with Crippen molar-refractivity contribution in [1.82, 2.24) is 15.1 Å². The van der Waals surface area contributed by atoms with Crippen LogP contribution in [0.1, 0.15) is 38.5 Å². The number of nitrogens with zero attached hydrogens (tertiary/aromatic N) is 2. The molecule has 0 aromatic carbocycles. The average molecular weight is 416 g/mol. The van der Waals surface area contributed by atoms with Crippen LogP contribution in [0, 0.1) is 0 Å². The number of piperidine rings is 2. The molecule has 0 bridgehead atoms. The molecule has 0 saturated carbocycles. The number of halogens is 2. The van der Waals surface area contributed by atoms with Crippen LogP contribution in [-0.4, -0.2) is 80.4 Å². The lowest BCUT2D eigenvalue weighted by Crippen LogP contribution is -2.61. The number of carbonyl (C=O) groups is 1. The van der Waals surface area contributed by atoms with E-state index in [1.165, 1.54) is 19.1 Å². The maximum Gasteiger partial charge on any atom is 0.244 e. The monoisotopic (exact) mass is 415 g/mol. The van der Waals surface area contributed by atoms with E-state index < -0.39 is 14.6 Å². The van der Waals surface area contributed by atoms with E-state index in [9.17, 15) is 13.2 Å². The molecule has 148 valence electrons. The lowest BCUT2D eigenvalue weighted by Gasteiger charge is -2.43. The highest BCUT2D eigenvalue weighted by Crippen LogP contribution is 2.32. The Balaban J connectivity index is 0.00000156. The molecule has 0 radical (unpaired) electrons. The van der Waals surface area contributed by atoms with Crippen LogP contribution in [0.3, 0.4) is 0 Å². The molecule has 0 aliphatic carbocycles. The lowest BCUT2D eigenvalue weighted by molar-refractivity contribution is -0.136. The van der Waals surface area contributed by atoms with E-state index in [1.54, 1.807) is 0 Å². The second-order valence-electron chi connectivity index (χ2n) is 7.31. The fourth-order valence-electron chi connectivity index (χ4n) is 4.41. The molecule has 1 N–H and O–H groups in total. The molecule has 3 fully saturated rings. The van der Waals surface area contributed by atoms with Crippen LogP contribution in [0.4, 0.5) is 0 Å². The topological polar surface area (TPSA) is 69.7 Å². The number of carbonyl (C=O) groups excluding carboxylic acids is 1. The van der Waals surface area contributed by atoms with Crippen LogP contribution in [0.2, 0.25) is 0 Å². The summed E-state index contributed by atoms with van der Waals surface area (Å²) in [4.78, 5) is 17.5. The fraction of sp³-hybridized carbons (Fsp3) is 0.938. The van der Waals surface area contributed by atoms with Crippen LogP contribution >= 0.6 is 24.8 Å². The minimum atomic E-state index is -3.42. The third-order valence-corrected chi connectivity index (χ3v) is 7.85. The van der Waals surface area contributed by atoms with Crippen LogP contribution < -0.4 is 5.32 Å². The van der Waals surface area contributed by atoms with E-state index in [2.05, 4.69) is 10.2 Å². The highest BCUT2D eigenvalue weighted by Gasteiger charge is 2.51. The molecule has 6 nitrogen and oxygen atoms in total. The molecule has 25 heavy (non-hydrogen) atoms. The van der Waals surface area contributed by atoms with E-state index >= 15 is 0 Å². The van der Waals surface area contributed by atoms with E-state index in [4.69, 9.17) is 0 Å². The zero-order valence-electron chi connectivity index (χ0n) is 14.9. The van der Waals surface area contributed by atoms with Gasteiger partial charge in [0.05, 0.1) is 0 Å². The van der Waals surface area contributed by atoms with Crippen molar-refractivity contribution in [2.24, 2.45) is 0 Å². The first-order valence-corrected chi connectivity index (χ1v) is 10.8. The molecular formula is C16H31Cl2N3O3S. The molecule has 1 amide bonds. The van der Waals surface area contributed by atoms with Crippen molar-refractivity contribution in [3.05, 3.63) is 0 Å². The van der Waals surface area contributed by atoms with Gasteiger partial charge in [0.2, 0.25) is 5.91 Å². The standard InChI is InChI=1S/C16H29N3O3S.2ClH/c1-23(21,22)16(6-8-17-9-7-16)15(20)19-12-4-5-14(13-19)18-10-2-3-11-18;;/h14,17H,2-13H2,1H3;2*1H. The number of hydrogen-bond acceptors (Lipinski definition) is 5. The average Bonchev–Trinajstić information content (AvgIpc) is 3.08. The normalized spacial score (nSPS) is 27.2. The molecule has 3 aliphatic heterocycles. The van der Waals surface area contributed by atoms with Crippen LogP contribution in [0.25, 0.3) is 0 Å².